The molecule has 1 aromatic carbocycles. The Hall–Kier alpha value is -1.62. The maximum Gasteiger partial charge on any atom is 0.263 e. The van der Waals surface area contributed by atoms with Gasteiger partial charge in [0.2, 0.25) is 0 Å². The van der Waals surface area contributed by atoms with Gasteiger partial charge in [-0.1, -0.05) is 18.5 Å². The largest absolute Gasteiger partial charge is 0.263 e. The third-order valence-corrected chi connectivity index (χ3v) is 5.53. The van der Waals surface area contributed by atoms with E-state index >= 15 is 0 Å². The molecule has 0 spiro atoms. The molecule has 0 aliphatic heterocycles. The topological polar surface area (TPSA) is 82.8 Å². The van der Waals surface area contributed by atoms with Gasteiger partial charge in [0.25, 0.3) is 10.0 Å². The summed E-state index contributed by atoms with van der Waals surface area (Å²) in [6.45, 7) is 3.85. The Kier molecular flexibility index (Phi) is 4.52. The fourth-order valence-electron chi connectivity index (χ4n) is 1.73. The van der Waals surface area contributed by atoms with Crippen LogP contribution in [-0.4, -0.2) is 13.4 Å². The molecule has 0 fully saturated rings. The summed E-state index contributed by atoms with van der Waals surface area (Å²) < 4.78 is 27.0. The molecule has 0 atom stereocenters. The van der Waals surface area contributed by atoms with Crippen LogP contribution in [0.3, 0.4) is 0 Å². The number of halogens is 1. The first kappa shape index (κ1) is 15.8. The molecule has 0 amide bonds. The highest BCUT2D eigenvalue weighted by atomic mass is 35.5. The van der Waals surface area contributed by atoms with Crippen molar-refractivity contribution in [1.29, 1.82) is 5.26 Å². The van der Waals surface area contributed by atoms with E-state index in [1.54, 1.807) is 0 Å². The Labute approximate surface area is 132 Å². The van der Waals surface area contributed by atoms with Crippen LogP contribution in [0.5, 0.6) is 0 Å². The van der Waals surface area contributed by atoms with E-state index in [1.165, 1.54) is 29.5 Å². The first-order valence-corrected chi connectivity index (χ1v) is 8.74. The zero-order valence-corrected chi connectivity index (χ0v) is 13.7. The number of nitrogens with one attached hydrogen (secondary N) is 1. The molecule has 0 bridgehead atoms. The molecular weight excluding hydrogens is 330 g/mol. The van der Waals surface area contributed by atoms with Gasteiger partial charge in [0.15, 0.2) is 5.13 Å². The summed E-state index contributed by atoms with van der Waals surface area (Å²) in [5.41, 5.74) is 1.10. The van der Waals surface area contributed by atoms with Crippen LogP contribution in [0.1, 0.15) is 23.1 Å². The number of hydrogen-bond acceptors (Lipinski definition) is 5. The van der Waals surface area contributed by atoms with Gasteiger partial charge in [0, 0.05) is 4.88 Å². The fraction of sp³-hybridized carbons (Fsp3) is 0.231. The molecule has 2 rings (SSSR count). The van der Waals surface area contributed by atoms with Crippen LogP contribution in [0.25, 0.3) is 0 Å². The lowest BCUT2D eigenvalue weighted by molar-refractivity contribution is 0.601. The van der Waals surface area contributed by atoms with E-state index in [0.29, 0.717) is 5.13 Å². The van der Waals surface area contributed by atoms with Crippen LogP contribution in [0.4, 0.5) is 5.13 Å². The highest BCUT2D eigenvalue weighted by Crippen LogP contribution is 2.26. The summed E-state index contributed by atoms with van der Waals surface area (Å²) in [4.78, 5) is 5.22. The normalized spacial score (nSPS) is 11.1. The molecule has 1 heterocycles. The Morgan fingerprint density at radius 1 is 1.48 bits per heavy atom. The number of sulfonamides is 1. The van der Waals surface area contributed by atoms with E-state index in [4.69, 9.17) is 16.9 Å². The molecule has 8 heteroatoms. The van der Waals surface area contributed by atoms with Crippen molar-refractivity contribution in [2.24, 2.45) is 0 Å². The van der Waals surface area contributed by atoms with Gasteiger partial charge < -0.3 is 0 Å². The number of anilines is 1. The van der Waals surface area contributed by atoms with Crippen LogP contribution < -0.4 is 4.72 Å². The van der Waals surface area contributed by atoms with Gasteiger partial charge in [-0.3, -0.25) is 4.72 Å². The number of benzene rings is 1. The SMILES string of the molecule is CCc1nc(NS(=O)(=O)c2ccc(C#N)c(Cl)c2)sc1C. The van der Waals surface area contributed by atoms with E-state index in [2.05, 4.69) is 9.71 Å². The fourth-order valence-corrected chi connectivity index (χ4v) is 4.18. The van der Waals surface area contributed by atoms with Crippen molar-refractivity contribution in [3.63, 3.8) is 0 Å². The monoisotopic (exact) mass is 341 g/mol. The molecule has 0 unspecified atom stereocenters. The molecule has 21 heavy (non-hydrogen) atoms. The number of aromatic nitrogens is 1. The van der Waals surface area contributed by atoms with Crippen LogP contribution >= 0.6 is 22.9 Å². The van der Waals surface area contributed by atoms with E-state index < -0.39 is 10.0 Å². The van der Waals surface area contributed by atoms with E-state index in [0.717, 1.165) is 17.0 Å². The smallest absolute Gasteiger partial charge is 0.255 e. The molecule has 0 saturated carbocycles. The summed E-state index contributed by atoms with van der Waals surface area (Å²) >= 11 is 7.15. The van der Waals surface area contributed by atoms with Gasteiger partial charge in [-0.25, -0.2) is 13.4 Å². The molecule has 0 saturated heterocycles. The Morgan fingerprint density at radius 2 is 2.19 bits per heavy atom. The van der Waals surface area contributed by atoms with Gasteiger partial charge in [-0.05, 0) is 31.5 Å². The van der Waals surface area contributed by atoms with Crippen molar-refractivity contribution in [1.82, 2.24) is 4.98 Å². The Balaban J connectivity index is 2.34. The van der Waals surface area contributed by atoms with Gasteiger partial charge >= 0.3 is 0 Å². The summed E-state index contributed by atoms with van der Waals surface area (Å²) in [7, 11) is -3.77. The molecule has 1 aromatic heterocycles. The van der Waals surface area contributed by atoms with Crippen LogP contribution in [-0.2, 0) is 16.4 Å². The van der Waals surface area contributed by atoms with E-state index in [9.17, 15) is 8.42 Å². The highest BCUT2D eigenvalue weighted by Gasteiger charge is 2.18. The molecule has 0 aliphatic carbocycles. The lowest BCUT2D eigenvalue weighted by Gasteiger charge is -2.06. The maximum atomic E-state index is 12.3. The van der Waals surface area contributed by atoms with Gasteiger partial charge in [0.1, 0.15) is 6.07 Å². The van der Waals surface area contributed by atoms with Crippen molar-refractivity contribution in [3.8, 4) is 6.07 Å². The predicted octanol–water partition coefficient (Wildman–Crippen LogP) is 3.34. The Morgan fingerprint density at radius 3 is 2.71 bits per heavy atom. The molecule has 110 valence electrons. The molecule has 5 nitrogen and oxygen atoms in total. The summed E-state index contributed by atoms with van der Waals surface area (Å²) in [6.07, 6.45) is 0.743. The maximum absolute atomic E-state index is 12.3. The molecular formula is C13H12ClN3O2S2. The average molecular weight is 342 g/mol. The average Bonchev–Trinajstić information content (AvgIpc) is 2.77. The Bertz CT molecular complexity index is 822. The number of nitriles is 1. The third-order valence-electron chi connectivity index (χ3n) is 2.82. The second-order valence-electron chi connectivity index (χ2n) is 4.23. The predicted molar refractivity (Wildman–Crippen MR) is 83.2 cm³/mol. The first-order valence-electron chi connectivity index (χ1n) is 6.06. The van der Waals surface area contributed by atoms with Crippen molar-refractivity contribution >= 4 is 38.1 Å². The molecule has 0 aliphatic rings. The zero-order valence-electron chi connectivity index (χ0n) is 11.3. The van der Waals surface area contributed by atoms with E-state index in [1.807, 2.05) is 19.9 Å². The van der Waals surface area contributed by atoms with Crippen molar-refractivity contribution in [2.75, 3.05) is 4.72 Å². The standard InChI is InChI=1S/C13H12ClN3O2S2/c1-3-12-8(2)20-13(16-12)17-21(18,19)10-5-4-9(7-15)11(14)6-10/h4-6H,3H2,1-2H3,(H,16,17). The van der Waals surface area contributed by atoms with Crippen molar-refractivity contribution in [2.45, 2.75) is 25.2 Å². The minimum atomic E-state index is -3.77. The molecule has 2 aromatic rings. The van der Waals surface area contributed by atoms with Crippen LogP contribution in [0.2, 0.25) is 5.02 Å². The van der Waals surface area contributed by atoms with Crippen LogP contribution in [0.15, 0.2) is 23.1 Å². The molecule has 0 radical (unpaired) electrons. The minimum absolute atomic E-state index is 0.00241. The minimum Gasteiger partial charge on any atom is -0.255 e. The third kappa shape index (κ3) is 3.35. The van der Waals surface area contributed by atoms with E-state index in [-0.39, 0.29) is 15.5 Å². The highest BCUT2D eigenvalue weighted by molar-refractivity contribution is 7.93. The summed E-state index contributed by atoms with van der Waals surface area (Å²) in [5, 5.41) is 9.23. The van der Waals surface area contributed by atoms with Crippen molar-refractivity contribution in [3.05, 3.63) is 39.4 Å². The number of nitrogens with zero attached hydrogens (tertiary/aromatic N) is 2. The van der Waals surface area contributed by atoms with Gasteiger partial charge in [-0.15, -0.1) is 11.3 Å². The van der Waals surface area contributed by atoms with Gasteiger partial charge in [0.05, 0.1) is 21.2 Å². The number of thiazole rings is 1. The van der Waals surface area contributed by atoms with Gasteiger partial charge in [-0.2, -0.15) is 5.26 Å². The van der Waals surface area contributed by atoms with Crippen molar-refractivity contribution < 1.29 is 8.42 Å². The number of rotatable bonds is 4. The molecule has 1 N–H and O–H groups in total. The second kappa shape index (κ2) is 6.02. The zero-order chi connectivity index (χ0) is 15.6. The van der Waals surface area contributed by atoms with Crippen LogP contribution in [0, 0.1) is 18.3 Å². The second-order valence-corrected chi connectivity index (χ2v) is 7.53. The first-order chi connectivity index (χ1) is 9.87. The quantitative estimate of drug-likeness (QED) is 0.924. The number of hydrogen-bond donors (Lipinski definition) is 1. The lowest BCUT2D eigenvalue weighted by Crippen LogP contribution is -2.13. The summed E-state index contributed by atoms with van der Waals surface area (Å²) in [6, 6.07) is 5.86. The lowest BCUT2D eigenvalue weighted by atomic mass is 10.2. The number of aryl methyl sites for hydroxylation is 2. The summed E-state index contributed by atoms with van der Waals surface area (Å²) in [5.74, 6) is 0.